The van der Waals surface area contributed by atoms with Crippen LogP contribution in [0.25, 0.3) is 0 Å². The number of aliphatic hydroxyl groups is 1. The lowest BCUT2D eigenvalue weighted by atomic mass is 9.89. The maximum atomic E-state index is 9.29. The van der Waals surface area contributed by atoms with Gasteiger partial charge in [-0.25, -0.2) is 0 Å². The van der Waals surface area contributed by atoms with Crippen LogP contribution >= 0.6 is 0 Å². The van der Waals surface area contributed by atoms with E-state index in [0.717, 1.165) is 26.2 Å². The van der Waals surface area contributed by atoms with Gasteiger partial charge < -0.3 is 15.3 Å². The topological polar surface area (TPSA) is 35.5 Å². The molecule has 0 amide bonds. The van der Waals surface area contributed by atoms with E-state index < -0.39 is 0 Å². The minimum Gasteiger partial charge on any atom is -0.396 e. The summed E-state index contributed by atoms with van der Waals surface area (Å²) in [6.45, 7) is 7.26. The third-order valence-corrected chi connectivity index (χ3v) is 4.01. The van der Waals surface area contributed by atoms with Crippen molar-refractivity contribution < 1.29 is 5.11 Å². The van der Waals surface area contributed by atoms with Gasteiger partial charge in [0.05, 0.1) is 0 Å². The molecule has 1 unspecified atom stereocenters. The van der Waals surface area contributed by atoms with Crippen LogP contribution in [-0.4, -0.2) is 49.8 Å². The molecule has 2 rings (SSSR count). The molecule has 2 N–H and O–H groups in total. The van der Waals surface area contributed by atoms with Gasteiger partial charge >= 0.3 is 0 Å². The summed E-state index contributed by atoms with van der Waals surface area (Å²) in [5.74, 6) is 0. The van der Waals surface area contributed by atoms with Crippen LogP contribution in [0, 0.1) is 10.8 Å². The van der Waals surface area contributed by atoms with Crippen LogP contribution < -0.4 is 5.32 Å². The molecule has 0 aromatic carbocycles. The summed E-state index contributed by atoms with van der Waals surface area (Å²) in [5, 5.41) is 12.7. The predicted molar refractivity (Wildman–Crippen MR) is 61.8 cm³/mol. The molecule has 88 valence electrons. The van der Waals surface area contributed by atoms with Gasteiger partial charge in [0, 0.05) is 31.7 Å². The fraction of sp³-hybridized carbons (Fsp3) is 1.00. The fourth-order valence-corrected chi connectivity index (χ4v) is 2.83. The van der Waals surface area contributed by atoms with Gasteiger partial charge in [-0.2, -0.15) is 0 Å². The third-order valence-electron chi connectivity index (χ3n) is 4.01. The average molecular weight is 212 g/mol. The maximum Gasteiger partial charge on any atom is 0.0499 e. The van der Waals surface area contributed by atoms with Crippen LogP contribution in [0.5, 0.6) is 0 Å². The zero-order valence-corrected chi connectivity index (χ0v) is 10.1. The summed E-state index contributed by atoms with van der Waals surface area (Å²) in [7, 11) is 2.19. The van der Waals surface area contributed by atoms with E-state index in [9.17, 15) is 5.11 Å². The Morgan fingerprint density at radius 3 is 2.47 bits per heavy atom. The number of hydrogen-bond acceptors (Lipinski definition) is 3. The van der Waals surface area contributed by atoms with E-state index in [1.807, 2.05) is 0 Å². The Bertz CT molecular complexity index is 220. The molecular weight excluding hydrogens is 188 g/mol. The van der Waals surface area contributed by atoms with E-state index in [0.29, 0.717) is 12.0 Å². The second kappa shape index (κ2) is 4.04. The van der Waals surface area contributed by atoms with Crippen molar-refractivity contribution in [3.05, 3.63) is 0 Å². The van der Waals surface area contributed by atoms with Gasteiger partial charge in [0.1, 0.15) is 0 Å². The van der Waals surface area contributed by atoms with Gasteiger partial charge in [-0.05, 0) is 38.3 Å². The van der Waals surface area contributed by atoms with E-state index in [-0.39, 0.29) is 5.41 Å². The Hall–Kier alpha value is -0.120. The van der Waals surface area contributed by atoms with Gasteiger partial charge in [0.15, 0.2) is 0 Å². The molecule has 0 aromatic heterocycles. The van der Waals surface area contributed by atoms with Crippen molar-refractivity contribution in [2.75, 3.05) is 39.8 Å². The molecule has 3 heteroatoms. The highest BCUT2D eigenvalue weighted by Gasteiger charge is 2.43. The van der Waals surface area contributed by atoms with Crippen LogP contribution in [0.3, 0.4) is 0 Å². The highest BCUT2D eigenvalue weighted by atomic mass is 16.3. The zero-order valence-electron chi connectivity index (χ0n) is 10.1. The zero-order chi connectivity index (χ0) is 10.9. The molecule has 2 fully saturated rings. The quantitative estimate of drug-likeness (QED) is 0.704. The Labute approximate surface area is 92.8 Å². The summed E-state index contributed by atoms with van der Waals surface area (Å²) < 4.78 is 0. The van der Waals surface area contributed by atoms with Crippen LogP contribution in [0.4, 0.5) is 0 Å². The maximum absolute atomic E-state index is 9.29. The van der Waals surface area contributed by atoms with E-state index in [4.69, 9.17) is 0 Å². The smallest absolute Gasteiger partial charge is 0.0499 e. The summed E-state index contributed by atoms with van der Waals surface area (Å²) in [4.78, 5) is 2.41. The predicted octanol–water partition coefficient (Wildman–Crippen LogP) is 0.690. The second-order valence-corrected chi connectivity index (χ2v) is 6.07. The van der Waals surface area contributed by atoms with E-state index in [1.165, 1.54) is 19.3 Å². The van der Waals surface area contributed by atoms with Gasteiger partial charge in [0.25, 0.3) is 0 Å². The molecule has 1 atom stereocenters. The van der Waals surface area contributed by atoms with Gasteiger partial charge in [0.2, 0.25) is 0 Å². The summed E-state index contributed by atoms with van der Waals surface area (Å²) in [6.07, 6.45) is 3.70. The minimum absolute atomic E-state index is 0.261. The van der Waals surface area contributed by atoms with Crippen molar-refractivity contribution in [2.45, 2.75) is 26.2 Å². The second-order valence-electron chi connectivity index (χ2n) is 6.07. The summed E-state index contributed by atoms with van der Waals surface area (Å²) >= 11 is 0. The molecule has 2 aliphatic rings. The molecule has 1 heterocycles. The largest absolute Gasteiger partial charge is 0.396 e. The van der Waals surface area contributed by atoms with Gasteiger partial charge in [-0.1, -0.05) is 6.92 Å². The van der Waals surface area contributed by atoms with Crippen LogP contribution in [0.1, 0.15) is 26.2 Å². The summed E-state index contributed by atoms with van der Waals surface area (Å²) in [5.41, 5.74) is 0.706. The molecule has 1 saturated heterocycles. The molecule has 0 radical (unpaired) electrons. The highest BCUT2D eigenvalue weighted by Crippen LogP contribution is 2.45. The molecule has 1 aliphatic heterocycles. The Balaban J connectivity index is 1.79. The molecule has 0 aromatic rings. The first-order valence-corrected chi connectivity index (χ1v) is 6.08. The first kappa shape index (κ1) is 11.4. The SMILES string of the molecule is CN(CC1(C)CCNC1)CC1(CO)CC1. The number of nitrogens with zero attached hydrogens (tertiary/aromatic N) is 1. The van der Waals surface area contributed by atoms with Crippen LogP contribution in [0.15, 0.2) is 0 Å². The van der Waals surface area contributed by atoms with E-state index >= 15 is 0 Å². The Morgan fingerprint density at radius 1 is 1.27 bits per heavy atom. The fourth-order valence-electron chi connectivity index (χ4n) is 2.83. The number of rotatable bonds is 5. The lowest BCUT2D eigenvalue weighted by Crippen LogP contribution is -2.38. The number of aliphatic hydroxyl groups excluding tert-OH is 1. The lowest BCUT2D eigenvalue weighted by molar-refractivity contribution is 0.134. The van der Waals surface area contributed by atoms with Crippen molar-refractivity contribution in [1.29, 1.82) is 0 Å². The van der Waals surface area contributed by atoms with Gasteiger partial charge in [-0.3, -0.25) is 0 Å². The van der Waals surface area contributed by atoms with Crippen molar-refractivity contribution in [3.63, 3.8) is 0 Å². The van der Waals surface area contributed by atoms with Gasteiger partial charge in [-0.15, -0.1) is 0 Å². The lowest BCUT2D eigenvalue weighted by Gasteiger charge is -2.31. The number of hydrogen-bond donors (Lipinski definition) is 2. The molecule has 0 bridgehead atoms. The first-order chi connectivity index (χ1) is 7.08. The molecule has 15 heavy (non-hydrogen) atoms. The molecule has 3 nitrogen and oxygen atoms in total. The average Bonchev–Trinajstić information content (AvgIpc) is 2.82. The van der Waals surface area contributed by atoms with Crippen molar-refractivity contribution >= 4 is 0 Å². The number of nitrogens with one attached hydrogen (secondary N) is 1. The monoisotopic (exact) mass is 212 g/mol. The highest BCUT2D eigenvalue weighted by molar-refractivity contribution is 4.96. The first-order valence-electron chi connectivity index (χ1n) is 6.08. The normalized spacial score (nSPS) is 33.6. The molecule has 1 aliphatic carbocycles. The molecule has 1 saturated carbocycles. The standard InChI is InChI=1S/C12H24N2O/c1-11(5-6-13-7-11)8-14(2)9-12(10-15)3-4-12/h13,15H,3-10H2,1-2H3. The van der Waals surface area contributed by atoms with Crippen molar-refractivity contribution in [1.82, 2.24) is 10.2 Å². The third kappa shape index (κ3) is 2.71. The van der Waals surface area contributed by atoms with Crippen LogP contribution in [0.2, 0.25) is 0 Å². The van der Waals surface area contributed by atoms with E-state index in [1.54, 1.807) is 0 Å². The Morgan fingerprint density at radius 2 is 2.00 bits per heavy atom. The van der Waals surface area contributed by atoms with Crippen LogP contribution in [-0.2, 0) is 0 Å². The van der Waals surface area contributed by atoms with E-state index in [2.05, 4.69) is 24.2 Å². The molecule has 0 spiro atoms. The molecular formula is C12H24N2O. The Kier molecular flexibility index (Phi) is 3.06. The van der Waals surface area contributed by atoms with Crippen molar-refractivity contribution in [2.24, 2.45) is 10.8 Å². The summed E-state index contributed by atoms with van der Waals surface area (Å²) in [6, 6.07) is 0. The van der Waals surface area contributed by atoms with Crippen molar-refractivity contribution in [3.8, 4) is 0 Å². The minimum atomic E-state index is 0.261.